The molecule has 0 aliphatic rings. The van der Waals surface area contributed by atoms with Gasteiger partial charge < -0.3 is 4.90 Å². The molecule has 0 radical (unpaired) electrons. The monoisotopic (exact) mass is 255 g/mol. The second-order valence-corrected chi connectivity index (χ2v) is 4.45. The van der Waals surface area contributed by atoms with Gasteiger partial charge in [0.15, 0.2) is 0 Å². The number of nitriles is 2. The van der Waals surface area contributed by atoms with E-state index in [1.807, 2.05) is 13.0 Å². The van der Waals surface area contributed by atoms with Gasteiger partial charge in [-0.05, 0) is 31.5 Å². The second kappa shape index (κ2) is 7.18. The van der Waals surface area contributed by atoms with E-state index in [1.54, 1.807) is 36.1 Å². The molecule has 0 aliphatic heterocycles. The maximum atomic E-state index is 12.1. The Balaban J connectivity index is 2.66. The highest BCUT2D eigenvalue weighted by atomic mass is 16.2. The van der Waals surface area contributed by atoms with Crippen molar-refractivity contribution in [1.29, 1.82) is 10.5 Å². The van der Waals surface area contributed by atoms with Crippen LogP contribution in [0.2, 0.25) is 0 Å². The molecule has 0 heterocycles. The molecule has 4 heteroatoms. The van der Waals surface area contributed by atoms with Crippen LogP contribution in [0.25, 0.3) is 0 Å². The van der Waals surface area contributed by atoms with Gasteiger partial charge in [0.25, 0.3) is 0 Å². The molecular weight excluding hydrogens is 238 g/mol. The van der Waals surface area contributed by atoms with Crippen molar-refractivity contribution in [2.75, 3.05) is 13.1 Å². The van der Waals surface area contributed by atoms with Gasteiger partial charge in [-0.3, -0.25) is 4.79 Å². The SMILES string of the molecule is CCN(CC(C)C#N)C(=O)Cc1ccc(C#N)cc1. The maximum absolute atomic E-state index is 12.1. The van der Waals surface area contributed by atoms with Crippen LogP contribution in [0.15, 0.2) is 24.3 Å². The third kappa shape index (κ3) is 4.44. The van der Waals surface area contributed by atoms with Crippen molar-refractivity contribution in [2.24, 2.45) is 5.92 Å². The first-order valence-corrected chi connectivity index (χ1v) is 6.27. The number of benzene rings is 1. The minimum atomic E-state index is -0.162. The van der Waals surface area contributed by atoms with Crippen LogP contribution < -0.4 is 0 Å². The van der Waals surface area contributed by atoms with Gasteiger partial charge in [0.1, 0.15) is 0 Å². The Morgan fingerprint density at radius 3 is 2.42 bits per heavy atom. The largest absolute Gasteiger partial charge is 0.341 e. The summed E-state index contributed by atoms with van der Waals surface area (Å²) < 4.78 is 0. The average Bonchev–Trinajstić information content (AvgIpc) is 2.45. The zero-order valence-corrected chi connectivity index (χ0v) is 11.3. The lowest BCUT2D eigenvalue weighted by Gasteiger charge is -2.22. The van der Waals surface area contributed by atoms with Crippen LogP contribution in [0.4, 0.5) is 0 Å². The maximum Gasteiger partial charge on any atom is 0.227 e. The first kappa shape index (κ1) is 14.7. The first-order valence-electron chi connectivity index (χ1n) is 6.27. The van der Waals surface area contributed by atoms with Crippen molar-refractivity contribution in [2.45, 2.75) is 20.3 Å². The van der Waals surface area contributed by atoms with Gasteiger partial charge >= 0.3 is 0 Å². The summed E-state index contributed by atoms with van der Waals surface area (Å²) in [5.41, 5.74) is 1.47. The smallest absolute Gasteiger partial charge is 0.227 e. The number of nitrogens with zero attached hydrogens (tertiary/aromatic N) is 3. The fraction of sp³-hybridized carbons (Fsp3) is 0.400. The molecule has 1 amide bonds. The summed E-state index contributed by atoms with van der Waals surface area (Å²) in [6.07, 6.45) is 0.303. The Bertz CT molecular complexity index is 508. The van der Waals surface area contributed by atoms with Crippen molar-refractivity contribution < 1.29 is 4.79 Å². The van der Waals surface area contributed by atoms with E-state index < -0.39 is 0 Å². The van der Waals surface area contributed by atoms with Crippen molar-refractivity contribution >= 4 is 5.91 Å². The molecule has 1 aromatic rings. The van der Waals surface area contributed by atoms with Gasteiger partial charge in [-0.15, -0.1) is 0 Å². The standard InChI is InChI=1S/C15H17N3O/c1-3-18(11-12(2)9-16)15(19)8-13-4-6-14(10-17)7-5-13/h4-7,12H,3,8,11H2,1-2H3. The van der Waals surface area contributed by atoms with Gasteiger partial charge in [0.2, 0.25) is 5.91 Å². The zero-order valence-electron chi connectivity index (χ0n) is 11.3. The number of hydrogen-bond acceptors (Lipinski definition) is 3. The molecule has 0 saturated carbocycles. The van der Waals surface area contributed by atoms with Crippen LogP contribution in [0.3, 0.4) is 0 Å². The number of carbonyl (C=O) groups is 1. The molecule has 0 aromatic heterocycles. The van der Waals surface area contributed by atoms with Crippen molar-refractivity contribution in [3.63, 3.8) is 0 Å². The van der Waals surface area contributed by atoms with E-state index in [9.17, 15) is 4.79 Å². The Kier molecular flexibility index (Phi) is 5.57. The fourth-order valence-corrected chi connectivity index (χ4v) is 1.76. The molecule has 0 fully saturated rings. The van der Waals surface area contributed by atoms with Gasteiger partial charge in [-0.1, -0.05) is 12.1 Å². The molecule has 19 heavy (non-hydrogen) atoms. The van der Waals surface area contributed by atoms with E-state index in [0.29, 0.717) is 25.1 Å². The second-order valence-electron chi connectivity index (χ2n) is 4.45. The minimum Gasteiger partial charge on any atom is -0.341 e. The van der Waals surface area contributed by atoms with E-state index in [2.05, 4.69) is 6.07 Å². The molecule has 1 unspecified atom stereocenters. The van der Waals surface area contributed by atoms with Crippen molar-refractivity contribution in [3.05, 3.63) is 35.4 Å². The third-order valence-corrected chi connectivity index (χ3v) is 2.89. The number of rotatable bonds is 5. The van der Waals surface area contributed by atoms with E-state index >= 15 is 0 Å². The minimum absolute atomic E-state index is 0.00862. The predicted molar refractivity (Wildman–Crippen MR) is 71.9 cm³/mol. The Labute approximate surface area is 113 Å². The zero-order chi connectivity index (χ0) is 14.3. The summed E-state index contributed by atoms with van der Waals surface area (Å²) in [4.78, 5) is 13.8. The van der Waals surface area contributed by atoms with Gasteiger partial charge in [0, 0.05) is 13.1 Å². The van der Waals surface area contributed by atoms with Crippen LogP contribution in [0.5, 0.6) is 0 Å². The van der Waals surface area contributed by atoms with E-state index in [4.69, 9.17) is 10.5 Å². The highest BCUT2D eigenvalue weighted by Crippen LogP contribution is 2.07. The van der Waals surface area contributed by atoms with Crippen LogP contribution >= 0.6 is 0 Å². The lowest BCUT2D eigenvalue weighted by atomic mass is 10.1. The summed E-state index contributed by atoms with van der Waals surface area (Å²) in [7, 11) is 0. The van der Waals surface area contributed by atoms with Crippen LogP contribution in [-0.4, -0.2) is 23.9 Å². The number of amides is 1. The number of carbonyl (C=O) groups excluding carboxylic acids is 1. The molecule has 1 aromatic carbocycles. The molecule has 1 rings (SSSR count). The van der Waals surface area contributed by atoms with Crippen molar-refractivity contribution in [1.82, 2.24) is 4.90 Å². The van der Waals surface area contributed by atoms with E-state index in [0.717, 1.165) is 5.56 Å². The molecule has 0 saturated heterocycles. The molecule has 0 N–H and O–H groups in total. The number of likely N-dealkylation sites (N-methyl/N-ethyl adjacent to an activating group) is 1. The van der Waals surface area contributed by atoms with Gasteiger partial charge in [0.05, 0.1) is 30.0 Å². The van der Waals surface area contributed by atoms with Crippen LogP contribution in [-0.2, 0) is 11.2 Å². The Morgan fingerprint density at radius 2 is 1.95 bits per heavy atom. The highest BCUT2D eigenvalue weighted by Gasteiger charge is 2.15. The van der Waals surface area contributed by atoms with E-state index in [1.165, 1.54) is 0 Å². The molecule has 0 bridgehead atoms. The van der Waals surface area contributed by atoms with Gasteiger partial charge in [-0.2, -0.15) is 10.5 Å². The first-order chi connectivity index (χ1) is 9.10. The lowest BCUT2D eigenvalue weighted by molar-refractivity contribution is -0.130. The fourth-order valence-electron chi connectivity index (χ4n) is 1.76. The average molecular weight is 255 g/mol. The Morgan fingerprint density at radius 1 is 1.32 bits per heavy atom. The molecular formula is C15H17N3O. The topological polar surface area (TPSA) is 67.9 Å². The quantitative estimate of drug-likeness (QED) is 0.809. The number of hydrogen-bond donors (Lipinski definition) is 0. The summed E-state index contributed by atoms with van der Waals surface area (Å²) in [6.45, 7) is 4.77. The molecule has 0 spiro atoms. The summed E-state index contributed by atoms with van der Waals surface area (Å²) in [5.74, 6) is -0.154. The highest BCUT2D eigenvalue weighted by molar-refractivity contribution is 5.78. The summed E-state index contributed by atoms with van der Waals surface area (Å²) in [5, 5.41) is 17.5. The lowest BCUT2D eigenvalue weighted by Crippen LogP contribution is -2.35. The summed E-state index contributed by atoms with van der Waals surface area (Å²) >= 11 is 0. The molecule has 0 aliphatic carbocycles. The normalized spacial score (nSPS) is 11.2. The van der Waals surface area contributed by atoms with Crippen molar-refractivity contribution in [3.8, 4) is 12.1 Å². The van der Waals surface area contributed by atoms with E-state index in [-0.39, 0.29) is 11.8 Å². The molecule has 1 atom stereocenters. The molecule has 98 valence electrons. The van der Waals surface area contributed by atoms with Crippen LogP contribution in [0, 0.1) is 28.6 Å². The van der Waals surface area contributed by atoms with Crippen LogP contribution in [0.1, 0.15) is 25.0 Å². The summed E-state index contributed by atoms with van der Waals surface area (Å²) in [6, 6.07) is 11.2. The Hall–Kier alpha value is -2.33. The van der Waals surface area contributed by atoms with Gasteiger partial charge in [-0.25, -0.2) is 0 Å². The third-order valence-electron chi connectivity index (χ3n) is 2.89. The predicted octanol–water partition coefficient (Wildman–Crippen LogP) is 2.11. The molecule has 4 nitrogen and oxygen atoms in total.